The molecule has 1 aromatic carbocycles. The van der Waals surface area contributed by atoms with Gasteiger partial charge in [-0.1, -0.05) is 23.3 Å². The van der Waals surface area contributed by atoms with Crippen molar-refractivity contribution in [3.63, 3.8) is 0 Å². The largest absolute Gasteiger partial charge is 0.378 e. The van der Waals surface area contributed by atoms with Gasteiger partial charge in [-0.25, -0.2) is 8.78 Å². The van der Waals surface area contributed by atoms with E-state index in [1.807, 2.05) is 19.9 Å². The van der Waals surface area contributed by atoms with Gasteiger partial charge in [0.15, 0.2) is 5.82 Å². The van der Waals surface area contributed by atoms with Gasteiger partial charge in [0.1, 0.15) is 5.82 Å². The Balaban J connectivity index is 2.81. The van der Waals surface area contributed by atoms with Crippen LogP contribution in [0.1, 0.15) is 13.8 Å². The predicted molar refractivity (Wildman–Crippen MR) is 59.3 cm³/mol. The van der Waals surface area contributed by atoms with Crippen molar-refractivity contribution in [3.8, 4) is 0 Å². The van der Waals surface area contributed by atoms with Crippen LogP contribution in [0.4, 0.5) is 14.5 Å². The summed E-state index contributed by atoms with van der Waals surface area (Å²) in [5.74, 6) is -1.35. The van der Waals surface area contributed by atoms with Crippen LogP contribution < -0.4 is 5.32 Å². The van der Waals surface area contributed by atoms with Crippen molar-refractivity contribution in [1.82, 2.24) is 0 Å². The number of hydrogen-bond donors (Lipinski definition) is 1. The van der Waals surface area contributed by atoms with E-state index >= 15 is 0 Å². The van der Waals surface area contributed by atoms with E-state index in [0.29, 0.717) is 6.54 Å². The highest BCUT2D eigenvalue weighted by Crippen LogP contribution is 2.26. The maximum atomic E-state index is 13.2. The molecule has 1 N–H and O–H groups in total. The molecule has 82 valence electrons. The Morgan fingerprint density at radius 2 is 2.07 bits per heavy atom. The first-order valence-corrected chi connectivity index (χ1v) is 4.90. The van der Waals surface area contributed by atoms with Crippen molar-refractivity contribution in [3.05, 3.63) is 40.4 Å². The van der Waals surface area contributed by atoms with E-state index < -0.39 is 11.6 Å². The van der Waals surface area contributed by atoms with Gasteiger partial charge in [-0.2, -0.15) is 0 Å². The molecule has 1 rings (SSSR count). The number of halogens is 3. The third-order valence-electron chi connectivity index (χ3n) is 1.80. The summed E-state index contributed by atoms with van der Waals surface area (Å²) in [6, 6.07) is 1.88. The molecular formula is C11H12ClF2N. The molecule has 0 aliphatic heterocycles. The van der Waals surface area contributed by atoms with Gasteiger partial charge in [0.25, 0.3) is 0 Å². The van der Waals surface area contributed by atoms with Crippen LogP contribution in [0.5, 0.6) is 0 Å². The van der Waals surface area contributed by atoms with Crippen molar-refractivity contribution in [2.45, 2.75) is 13.8 Å². The second-order valence-electron chi connectivity index (χ2n) is 3.41. The van der Waals surface area contributed by atoms with Crippen LogP contribution in [0.15, 0.2) is 23.8 Å². The van der Waals surface area contributed by atoms with E-state index in [2.05, 4.69) is 5.32 Å². The van der Waals surface area contributed by atoms with Crippen molar-refractivity contribution < 1.29 is 8.78 Å². The molecule has 1 aromatic rings. The van der Waals surface area contributed by atoms with E-state index in [1.165, 1.54) is 0 Å². The summed E-state index contributed by atoms with van der Waals surface area (Å²) in [5, 5.41) is 2.84. The minimum atomic E-state index is -0.679. The van der Waals surface area contributed by atoms with Crippen LogP contribution >= 0.6 is 11.6 Å². The van der Waals surface area contributed by atoms with Gasteiger partial charge >= 0.3 is 0 Å². The highest BCUT2D eigenvalue weighted by molar-refractivity contribution is 6.33. The highest BCUT2D eigenvalue weighted by atomic mass is 35.5. The van der Waals surface area contributed by atoms with Crippen molar-refractivity contribution in [2.24, 2.45) is 0 Å². The first-order valence-electron chi connectivity index (χ1n) is 4.52. The zero-order valence-electron chi connectivity index (χ0n) is 8.57. The molecule has 0 aliphatic rings. The summed E-state index contributed by atoms with van der Waals surface area (Å²) in [4.78, 5) is 0. The number of benzene rings is 1. The molecule has 0 unspecified atom stereocenters. The first kappa shape index (κ1) is 12.0. The molecule has 0 fully saturated rings. The lowest BCUT2D eigenvalue weighted by atomic mass is 10.2. The smallest absolute Gasteiger partial charge is 0.150 e. The molecular weight excluding hydrogens is 220 g/mol. The van der Waals surface area contributed by atoms with E-state index in [-0.39, 0.29) is 10.7 Å². The van der Waals surface area contributed by atoms with Gasteiger partial charge in [-0.05, 0) is 19.9 Å². The summed E-state index contributed by atoms with van der Waals surface area (Å²) >= 11 is 5.69. The summed E-state index contributed by atoms with van der Waals surface area (Å²) in [5.41, 5.74) is 1.25. The molecule has 0 spiro atoms. The predicted octanol–water partition coefficient (Wildman–Crippen LogP) is 4.00. The van der Waals surface area contributed by atoms with Crippen LogP contribution in [0.3, 0.4) is 0 Å². The summed E-state index contributed by atoms with van der Waals surface area (Å²) in [7, 11) is 0. The van der Waals surface area contributed by atoms with Gasteiger partial charge in [0.2, 0.25) is 0 Å². The average Bonchev–Trinajstić information content (AvgIpc) is 2.08. The Morgan fingerprint density at radius 1 is 1.40 bits per heavy atom. The van der Waals surface area contributed by atoms with Gasteiger partial charge in [-0.15, -0.1) is 0 Å². The second kappa shape index (κ2) is 5.12. The Bertz CT molecular complexity index is 361. The normalized spacial score (nSPS) is 9.93. The minimum Gasteiger partial charge on any atom is -0.378 e. The van der Waals surface area contributed by atoms with Gasteiger partial charge in [-0.3, -0.25) is 0 Å². The molecule has 0 aliphatic carbocycles. The third kappa shape index (κ3) is 3.51. The Labute approximate surface area is 92.8 Å². The van der Waals surface area contributed by atoms with Crippen molar-refractivity contribution in [1.29, 1.82) is 0 Å². The Morgan fingerprint density at radius 3 is 2.60 bits per heavy atom. The maximum Gasteiger partial charge on any atom is 0.150 e. The molecule has 1 nitrogen and oxygen atoms in total. The molecule has 4 heteroatoms. The Hall–Kier alpha value is -1.09. The summed E-state index contributed by atoms with van der Waals surface area (Å²) in [6.45, 7) is 4.33. The third-order valence-corrected chi connectivity index (χ3v) is 2.09. The van der Waals surface area contributed by atoms with Gasteiger partial charge < -0.3 is 5.32 Å². The maximum absolute atomic E-state index is 13.2. The molecule has 0 heterocycles. The second-order valence-corrected chi connectivity index (χ2v) is 3.81. The number of rotatable bonds is 3. The van der Waals surface area contributed by atoms with Crippen molar-refractivity contribution in [2.75, 3.05) is 11.9 Å². The summed E-state index contributed by atoms with van der Waals surface area (Å²) < 4.78 is 25.9. The number of allylic oxidation sites excluding steroid dienone is 1. The average molecular weight is 232 g/mol. The van der Waals surface area contributed by atoms with Gasteiger partial charge in [0, 0.05) is 12.6 Å². The van der Waals surface area contributed by atoms with E-state index in [1.54, 1.807) is 0 Å². The first-order chi connectivity index (χ1) is 7.00. The SMILES string of the molecule is CC(C)=CCNc1c(F)cc(F)cc1Cl. The van der Waals surface area contributed by atoms with Crippen LogP contribution in [0.25, 0.3) is 0 Å². The lowest BCUT2D eigenvalue weighted by molar-refractivity contribution is 0.585. The number of hydrogen-bond acceptors (Lipinski definition) is 1. The van der Waals surface area contributed by atoms with Crippen LogP contribution in [-0.4, -0.2) is 6.54 Å². The topological polar surface area (TPSA) is 12.0 Å². The fourth-order valence-corrected chi connectivity index (χ4v) is 1.33. The molecule has 0 atom stereocenters. The van der Waals surface area contributed by atoms with E-state index in [0.717, 1.165) is 17.7 Å². The Kier molecular flexibility index (Phi) is 4.09. The molecule has 0 bridgehead atoms. The fraction of sp³-hybridized carbons (Fsp3) is 0.273. The fourth-order valence-electron chi connectivity index (χ4n) is 1.07. The molecule has 0 saturated carbocycles. The highest BCUT2D eigenvalue weighted by Gasteiger charge is 2.08. The zero-order valence-corrected chi connectivity index (χ0v) is 9.33. The monoisotopic (exact) mass is 231 g/mol. The molecule has 0 saturated heterocycles. The van der Waals surface area contributed by atoms with Crippen LogP contribution in [0.2, 0.25) is 5.02 Å². The van der Waals surface area contributed by atoms with E-state index in [4.69, 9.17) is 11.6 Å². The minimum absolute atomic E-state index is 0.0506. The molecule has 15 heavy (non-hydrogen) atoms. The number of nitrogens with one attached hydrogen (secondary N) is 1. The molecule has 0 aromatic heterocycles. The zero-order chi connectivity index (χ0) is 11.4. The lowest BCUT2D eigenvalue weighted by Gasteiger charge is -2.07. The standard InChI is InChI=1S/C11H12ClF2N/c1-7(2)3-4-15-11-9(12)5-8(13)6-10(11)14/h3,5-6,15H,4H2,1-2H3. The quantitative estimate of drug-likeness (QED) is 0.776. The van der Waals surface area contributed by atoms with E-state index in [9.17, 15) is 8.78 Å². The van der Waals surface area contributed by atoms with Gasteiger partial charge in [0.05, 0.1) is 10.7 Å². The summed E-state index contributed by atoms with van der Waals surface area (Å²) in [6.07, 6.45) is 1.89. The lowest BCUT2D eigenvalue weighted by Crippen LogP contribution is -2.02. The van der Waals surface area contributed by atoms with Crippen LogP contribution in [0, 0.1) is 11.6 Å². The molecule has 0 amide bonds. The molecule has 0 radical (unpaired) electrons. The van der Waals surface area contributed by atoms with Crippen molar-refractivity contribution >= 4 is 17.3 Å². The van der Waals surface area contributed by atoms with Crippen LogP contribution in [-0.2, 0) is 0 Å². The number of anilines is 1.